The average Bonchev–Trinajstić information content (AvgIpc) is 3.36. The summed E-state index contributed by atoms with van der Waals surface area (Å²) in [5.41, 5.74) is 2.38. The van der Waals surface area contributed by atoms with E-state index in [1.165, 1.54) is 24.3 Å². The zero-order valence-electron chi connectivity index (χ0n) is 33.1. The molecule has 302 valence electrons. The summed E-state index contributed by atoms with van der Waals surface area (Å²) in [5.74, 6) is -2.39. The Kier molecular flexibility index (Phi) is 11.4. The highest BCUT2D eigenvalue weighted by Crippen LogP contribution is 2.50. The Labute approximate surface area is 331 Å². The van der Waals surface area contributed by atoms with Crippen LogP contribution in [0.4, 0.5) is 8.78 Å². The van der Waals surface area contributed by atoms with E-state index in [2.05, 4.69) is 13.8 Å². The first kappa shape index (κ1) is 40.3. The molecule has 7 rings (SSSR count). The average molecular weight is 787 g/mol. The standard InChI is InChI=1S/C45H48F2O10/c1-7-44(21-50-22-44)25-52-27(3)54-31-11-15-35(39(46)19-31)41(48)56-29-9-13-33-34-14-10-30(18-38(34)43(5,6)37(33)17-29)57-42(49)36-16-12-32(20-40(36)47)55-28(4)53-26-45(8-2)23-51-24-45/h9-20,27-28H,7-8,21-26H2,1-6H3. The number of rotatable bonds is 16. The van der Waals surface area contributed by atoms with Crippen LogP contribution in [0.5, 0.6) is 23.0 Å². The number of carbonyl (C=O) groups is 2. The molecule has 2 atom stereocenters. The van der Waals surface area contributed by atoms with Gasteiger partial charge in [0.05, 0.1) is 50.8 Å². The van der Waals surface area contributed by atoms with Crippen LogP contribution in [0.25, 0.3) is 11.1 Å². The zero-order valence-corrected chi connectivity index (χ0v) is 33.1. The third-order valence-electron chi connectivity index (χ3n) is 11.3. The second-order valence-electron chi connectivity index (χ2n) is 15.8. The first-order valence-corrected chi connectivity index (χ1v) is 19.3. The lowest BCUT2D eigenvalue weighted by molar-refractivity contribution is -0.182. The van der Waals surface area contributed by atoms with Gasteiger partial charge in [0.2, 0.25) is 0 Å². The van der Waals surface area contributed by atoms with Gasteiger partial charge in [0.25, 0.3) is 0 Å². The van der Waals surface area contributed by atoms with Crippen molar-refractivity contribution in [2.24, 2.45) is 10.8 Å². The lowest BCUT2D eigenvalue weighted by atomic mass is 9.82. The van der Waals surface area contributed by atoms with Gasteiger partial charge in [-0.25, -0.2) is 18.4 Å². The summed E-state index contributed by atoms with van der Waals surface area (Å²) in [6.45, 7) is 15.1. The highest BCUT2D eigenvalue weighted by Gasteiger charge is 2.39. The van der Waals surface area contributed by atoms with Crippen molar-refractivity contribution < 1.29 is 56.3 Å². The Balaban J connectivity index is 0.964. The minimum atomic E-state index is -0.861. The second kappa shape index (κ2) is 16.2. The highest BCUT2D eigenvalue weighted by molar-refractivity contribution is 5.93. The van der Waals surface area contributed by atoms with Gasteiger partial charge in [0.15, 0.2) is 12.6 Å². The number of fused-ring (bicyclic) bond motifs is 3. The molecule has 0 N–H and O–H groups in total. The summed E-state index contributed by atoms with van der Waals surface area (Å²) in [6, 6.07) is 18.4. The van der Waals surface area contributed by atoms with E-state index >= 15 is 8.78 Å². The van der Waals surface area contributed by atoms with Crippen LogP contribution in [0.15, 0.2) is 72.8 Å². The SMILES string of the molecule is CCC1(COC(C)Oc2ccc(C(=O)Oc3ccc4c(c3)C(C)(C)c3cc(OC(=O)c5ccc(OC(C)OCC6(CC)COC6)cc5F)ccc3-4)c(F)c2)COC1. The molecule has 0 saturated carbocycles. The molecule has 0 radical (unpaired) electrons. The van der Waals surface area contributed by atoms with E-state index in [0.29, 0.717) is 39.6 Å². The number of esters is 2. The van der Waals surface area contributed by atoms with Crippen LogP contribution in [0.2, 0.25) is 0 Å². The molecule has 2 heterocycles. The minimum Gasteiger partial charge on any atom is -0.465 e. The summed E-state index contributed by atoms with van der Waals surface area (Å²) in [5, 5.41) is 0. The molecule has 57 heavy (non-hydrogen) atoms. The molecule has 12 heteroatoms. The van der Waals surface area contributed by atoms with Gasteiger partial charge < -0.3 is 37.9 Å². The first-order chi connectivity index (χ1) is 27.2. The van der Waals surface area contributed by atoms with E-state index in [1.807, 2.05) is 26.0 Å². The van der Waals surface area contributed by atoms with Crippen molar-refractivity contribution in [3.05, 3.63) is 107 Å². The maximum Gasteiger partial charge on any atom is 0.346 e. The zero-order chi connectivity index (χ0) is 40.5. The molecule has 0 spiro atoms. The third kappa shape index (κ3) is 8.41. The third-order valence-corrected chi connectivity index (χ3v) is 11.3. The molecule has 4 aromatic rings. The van der Waals surface area contributed by atoms with Crippen molar-refractivity contribution in [2.45, 2.75) is 72.4 Å². The number of carbonyl (C=O) groups excluding carboxylic acids is 2. The Morgan fingerprint density at radius 3 is 1.33 bits per heavy atom. The normalized spacial score (nSPS) is 17.9. The van der Waals surface area contributed by atoms with E-state index in [-0.39, 0.29) is 45.0 Å². The molecule has 0 aromatic heterocycles. The fourth-order valence-corrected chi connectivity index (χ4v) is 7.22. The van der Waals surface area contributed by atoms with Gasteiger partial charge in [-0.15, -0.1) is 0 Å². The summed E-state index contributed by atoms with van der Waals surface area (Å²) in [7, 11) is 0. The van der Waals surface area contributed by atoms with Crippen LogP contribution >= 0.6 is 0 Å². The van der Waals surface area contributed by atoms with Crippen molar-refractivity contribution in [3.63, 3.8) is 0 Å². The van der Waals surface area contributed by atoms with E-state index in [1.54, 1.807) is 38.1 Å². The highest BCUT2D eigenvalue weighted by atomic mass is 19.1. The quantitative estimate of drug-likeness (QED) is 0.0620. The summed E-state index contributed by atoms with van der Waals surface area (Å²) < 4.78 is 75.4. The lowest BCUT2D eigenvalue weighted by Crippen LogP contribution is -2.46. The van der Waals surface area contributed by atoms with Crippen LogP contribution in [0.3, 0.4) is 0 Å². The molecular weight excluding hydrogens is 738 g/mol. The number of ether oxygens (including phenoxy) is 8. The van der Waals surface area contributed by atoms with Gasteiger partial charge in [-0.05, 0) is 97.5 Å². The fourth-order valence-electron chi connectivity index (χ4n) is 7.22. The van der Waals surface area contributed by atoms with Gasteiger partial charge >= 0.3 is 11.9 Å². The van der Waals surface area contributed by atoms with E-state index < -0.39 is 41.6 Å². The van der Waals surface area contributed by atoms with Crippen molar-refractivity contribution in [1.82, 2.24) is 0 Å². The number of halogens is 2. The summed E-state index contributed by atoms with van der Waals surface area (Å²) in [4.78, 5) is 26.3. The van der Waals surface area contributed by atoms with E-state index in [4.69, 9.17) is 37.9 Å². The number of benzene rings is 4. The first-order valence-electron chi connectivity index (χ1n) is 19.3. The molecular formula is C45H48F2O10. The van der Waals surface area contributed by atoms with E-state index in [0.717, 1.165) is 47.2 Å². The second-order valence-corrected chi connectivity index (χ2v) is 15.8. The number of hydrogen-bond donors (Lipinski definition) is 0. The molecule has 2 fully saturated rings. The molecule has 2 saturated heterocycles. The lowest BCUT2D eigenvalue weighted by Gasteiger charge is -2.40. The van der Waals surface area contributed by atoms with Gasteiger partial charge in [-0.2, -0.15) is 0 Å². The molecule has 4 aromatic carbocycles. The molecule has 10 nitrogen and oxygen atoms in total. The number of hydrogen-bond acceptors (Lipinski definition) is 10. The van der Waals surface area contributed by atoms with Crippen molar-refractivity contribution in [2.75, 3.05) is 39.6 Å². The maximum atomic E-state index is 15.2. The van der Waals surface area contributed by atoms with Crippen LogP contribution in [-0.4, -0.2) is 64.2 Å². The van der Waals surface area contributed by atoms with Gasteiger partial charge in [-0.3, -0.25) is 0 Å². The minimum absolute atomic E-state index is 0.0173. The Hall–Kier alpha value is -4.88. The smallest absolute Gasteiger partial charge is 0.346 e. The largest absolute Gasteiger partial charge is 0.465 e. The molecule has 2 aliphatic heterocycles. The molecule has 1 aliphatic carbocycles. The summed E-state index contributed by atoms with van der Waals surface area (Å²) >= 11 is 0. The van der Waals surface area contributed by atoms with Gasteiger partial charge in [0.1, 0.15) is 34.6 Å². The Morgan fingerprint density at radius 2 is 1.00 bits per heavy atom. The van der Waals surface area contributed by atoms with Gasteiger partial charge in [-0.1, -0.05) is 39.8 Å². The van der Waals surface area contributed by atoms with Crippen LogP contribution in [-0.2, 0) is 24.4 Å². The molecule has 0 bridgehead atoms. The summed E-state index contributed by atoms with van der Waals surface area (Å²) in [6.07, 6.45) is 0.581. The molecule has 2 unspecified atom stereocenters. The monoisotopic (exact) mass is 786 g/mol. The molecule has 3 aliphatic rings. The van der Waals surface area contributed by atoms with E-state index in [9.17, 15) is 9.59 Å². The van der Waals surface area contributed by atoms with Crippen molar-refractivity contribution >= 4 is 11.9 Å². The Morgan fingerprint density at radius 1 is 0.614 bits per heavy atom. The van der Waals surface area contributed by atoms with Gasteiger partial charge in [0, 0.05) is 28.4 Å². The van der Waals surface area contributed by atoms with Crippen LogP contribution in [0.1, 0.15) is 86.2 Å². The van der Waals surface area contributed by atoms with Crippen molar-refractivity contribution in [1.29, 1.82) is 0 Å². The molecule has 0 amide bonds. The maximum absolute atomic E-state index is 15.2. The van der Waals surface area contributed by atoms with Crippen molar-refractivity contribution in [3.8, 4) is 34.1 Å². The van der Waals surface area contributed by atoms with Crippen LogP contribution < -0.4 is 18.9 Å². The Bertz CT molecular complexity index is 1980. The predicted octanol–water partition coefficient (Wildman–Crippen LogP) is 9.05. The van der Waals surface area contributed by atoms with Crippen LogP contribution in [0, 0.1) is 22.5 Å². The fraction of sp³-hybridized carbons (Fsp3) is 0.422. The topological polar surface area (TPSA) is 108 Å². The predicted molar refractivity (Wildman–Crippen MR) is 206 cm³/mol.